The van der Waals surface area contributed by atoms with Gasteiger partial charge in [0.1, 0.15) is 0 Å². The van der Waals surface area contributed by atoms with Crippen molar-refractivity contribution in [2.24, 2.45) is 35.5 Å². The number of allylic oxidation sites excluding steroid dienone is 3. The van der Waals surface area contributed by atoms with E-state index >= 15 is 0 Å². The van der Waals surface area contributed by atoms with Crippen LogP contribution >= 0.6 is 0 Å². The molecule has 4 atom stereocenters. The average Bonchev–Trinajstić information content (AvgIpc) is 2.84. The molecule has 0 saturated heterocycles. The predicted molar refractivity (Wildman–Crippen MR) is 132 cm³/mol. The number of benzene rings is 1. The van der Waals surface area contributed by atoms with Crippen LogP contribution in [0.5, 0.6) is 5.75 Å². The highest BCUT2D eigenvalue weighted by atomic mass is 19.1. The highest BCUT2D eigenvalue weighted by Crippen LogP contribution is 2.50. The van der Waals surface area contributed by atoms with Crippen LogP contribution in [0, 0.1) is 41.3 Å². The van der Waals surface area contributed by atoms with Gasteiger partial charge in [-0.3, -0.25) is 4.79 Å². The van der Waals surface area contributed by atoms with Crippen LogP contribution in [0.1, 0.15) is 83.1 Å². The van der Waals surface area contributed by atoms with Gasteiger partial charge >= 0.3 is 5.97 Å². The number of ether oxygens (including phenoxy) is 1. The van der Waals surface area contributed by atoms with Gasteiger partial charge < -0.3 is 4.74 Å². The van der Waals surface area contributed by atoms with Crippen molar-refractivity contribution >= 4 is 5.97 Å². The van der Waals surface area contributed by atoms with Gasteiger partial charge in [-0.15, -0.1) is 6.58 Å². The minimum absolute atomic E-state index is 0.0741. The Hall–Kier alpha value is -1.90. The molecule has 1 aromatic carbocycles. The zero-order valence-electron chi connectivity index (χ0n) is 20.3. The Bertz CT molecular complexity index is 836. The number of hydrogen-bond donors (Lipinski definition) is 0. The lowest BCUT2D eigenvalue weighted by Crippen LogP contribution is -2.40. The predicted octanol–water partition coefficient (Wildman–Crippen LogP) is 8.06. The Morgan fingerprint density at radius 1 is 1.06 bits per heavy atom. The highest BCUT2D eigenvalue weighted by molar-refractivity contribution is 5.75. The second kappa shape index (κ2) is 11.5. The van der Waals surface area contributed by atoms with Gasteiger partial charge in [-0.05, 0) is 118 Å². The summed E-state index contributed by atoms with van der Waals surface area (Å²) in [6.45, 7) is 5.85. The molecule has 2 nitrogen and oxygen atoms in total. The summed E-state index contributed by atoms with van der Waals surface area (Å²) in [5, 5.41) is 0. The Morgan fingerprint density at radius 2 is 1.85 bits per heavy atom. The summed E-state index contributed by atoms with van der Waals surface area (Å²) in [6, 6.07) is 4.97. The summed E-state index contributed by atoms with van der Waals surface area (Å²) in [4.78, 5) is 13.1. The van der Waals surface area contributed by atoms with E-state index in [1.54, 1.807) is 6.07 Å². The van der Waals surface area contributed by atoms with E-state index in [4.69, 9.17) is 4.74 Å². The molecule has 1 aromatic rings. The van der Waals surface area contributed by atoms with Gasteiger partial charge in [-0.1, -0.05) is 37.1 Å². The van der Waals surface area contributed by atoms with Crippen molar-refractivity contribution in [3.05, 3.63) is 54.4 Å². The maximum absolute atomic E-state index is 14.6. The fraction of sp³-hybridized carbons (Fsp3) is 0.633. The number of carbonyl (C=O) groups excluding carboxylic acids is 1. The standard InChI is InChI=1S/C30H41FO2/c1-3-5-8-22-13-18-29(28(31)19-22)33-30(32)27-10-6-9-25-20-24(16-17-26(25)27)23-14-11-21(7-4-2)12-15-23/h3-4,7,13,18-19,21,23-27H,1,5-6,8-12,14-17,20H2,2H3/b7-4+. The fourth-order valence-corrected chi connectivity index (χ4v) is 7.04. The van der Waals surface area contributed by atoms with Crippen LogP contribution in [0.15, 0.2) is 43.0 Å². The van der Waals surface area contributed by atoms with Crippen LogP contribution in [0.4, 0.5) is 4.39 Å². The Balaban J connectivity index is 1.33. The number of carbonyl (C=O) groups is 1. The topological polar surface area (TPSA) is 26.3 Å². The summed E-state index contributed by atoms with van der Waals surface area (Å²) < 4.78 is 20.2. The lowest BCUT2D eigenvalue weighted by atomic mass is 9.59. The normalized spacial score (nSPS) is 32.3. The van der Waals surface area contributed by atoms with Crippen molar-refractivity contribution in [2.75, 3.05) is 0 Å². The summed E-state index contributed by atoms with van der Waals surface area (Å²) in [7, 11) is 0. The molecule has 4 unspecified atom stereocenters. The van der Waals surface area contributed by atoms with Crippen molar-refractivity contribution in [1.29, 1.82) is 0 Å². The molecular formula is C30H41FO2. The van der Waals surface area contributed by atoms with Crippen molar-refractivity contribution in [1.82, 2.24) is 0 Å². The molecule has 3 aliphatic rings. The van der Waals surface area contributed by atoms with Crippen molar-refractivity contribution in [3.8, 4) is 5.75 Å². The van der Waals surface area contributed by atoms with Crippen LogP contribution in [0.25, 0.3) is 0 Å². The third-order valence-electron chi connectivity index (χ3n) is 8.78. The third kappa shape index (κ3) is 5.97. The molecule has 0 radical (unpaired) electrons. The number of rotatable bonds is 7. The number of hydrogen-bond acceptors (Lipinski definition) is 2. The van der Waals surface area contributed by atoms with E-state index in [0.29, 0.717) is 11.8 Å². The van der Waals surface area contributed by atoms with Gasteiger partial charge in [0.2, 0.25) is 0 Å². The molecule has 0 aromatic heterocycles. The summed E-state index contributed by atoms with van der Waals surface area (Å²) in [6.07, 6.45) is 20.3. The minimum atomic E-state index is -0.436. The van der Waals surface area contributed by atoms with Crippen molar-refractivity contribution < 1.29 is 13.9 Å². The van der Waals surface area contributed by atoms with E-state index in [1.165, 1.54) is 51.0 Å². The first-order valence-electron chi connectivity index (χ1n) is 13.3. The Kier molecular flexibility index (Phi) is 8.44. The van der Waals surface area contributed by atoms with Crippen LogP contribution in [0.2, 0.25) is 0 Å². The monoisotopic (exact) mass is 452 g/mol. The maximum atomic E-state index is 14.6. The Labute approximate surface area is 199 Å². The second-order valence-electron chi connectivity index (χ2n) is 10.7. The lowest BCUT2D eigenvalue weighted by molar-refractivity contribution is -0.144. The number of aryl methyl sites for hydroxylation is 1. The molecule has 0 N–H and O–H groups in total. The molecule has 0 heterocycles. The highest BCUT2D eigenvalue weighted by Gasteiger charge is 2.43. The van der Waals surface area contributed by atoms with Crippen molar-refractivity contribution in [3.63, 3.8) is 0 Å². The second-order valence-corrected chi connectivity index (χ2v) is 10.7. The first kappa shape index (κ1) is 24.2. The zero-order valence-corrected chi connectivity index (χ0v) is 20.3. The van der Waals surface area contributed by atoms with Crippen molar-refractivity contribution in [2.45, 2.75) is 84.0 Å². The molecule has 0 amide bonds. The van der Waals surface area contributed by atoms with E-state index < -0.39 is 5.82 Å². The molecule has 3 aliphatic carbocycles. The smallest absolute Gasteiger partial charge is 0.314 e. The van der Waals surface area contributed by atoms with E-state index in [-0.39, 0.29) is 17.6 Å². The Morgan fingerprint density at radius 3 is 2.58 bits per heavy atom. The average molecular weight is 453 g/mol. The number of esters is 1. The summed E-state index contributed by atoms with van der Waals surface area (Å²) in [5.41, 5.74) is 0.906. The molecular weight excluding hydrogens is 411 g/mol. The van der Waals surface area contributed by atoms with Gasteiger partial charge in [0, 0.05) is 0 Å². The van der Waals surface area contributed by atoms with Crippen LogP contribution in [0.3, 0.4) is 0 Å². The molecule has 180 valence electrons. The van der Waals surface area contributed by atoms with E-state index in [0.717, 1.165) is 55.4 Å². The van der Waals surface area contributed by atoms with Gasteiger partial charge in [-0.25, -0.2) is 4.39 Å². The SMILES string of the molecule is C=CCCc1ccc(OC(=O)C2CCCC3CC(C4CCC(/C=C/C)CC4)CCC32)c(F)c1. The quantitative estimate of drug-likeness (QED) is 0.237. The molecule has 0 spiro atoms. The molecule has 4 rings (SSSR count). The van der Waals surface area contributed by atoms with Gasteiger partial charge in [0.25, 0.3) is 0 Å². The largest absolute Gasteiger partial charge is 0.423 e. The summed E-state index contributed by atoms with van der Waals surface area (Å²) >= 11 is 0. The molecule has 3 fully saturated rings. The maximum Gasteiger partial charge on any atom is 0.314 e. The molecule has 3 heteroatoms. The third-order valence-corrected chi connectivity index (χ3v) is 8.78. The van der Waals surface area contributed by atoms with E-state index in [2.05, 4.69) is 25.7 Å². The number of fused-ring (bicyclic) bond motifs is 1. The lowest BCUT2D eigenvalue weighted by Gasteiger charge is -2.45. The van der Waals surface area contributed by atoms with Gasteiger partial charge in [0.05, 0.1) is 5.92 Å². The van der Waals surface area contributed by atoms with Crippen LogP contribution < -0.4 is 4.74 Å². The first-order chi connectivity index (χ1) is 16.1. The molecule has 0 aliphatic heterocycles. The van der Waals surface area contributed by atoms with Gasteiger partial charge in [0.15, 0.2) is 11.6 Å². The summed E-state index contributed by atoms with van der Waals surface area (Å²) in [5.74, 6) is 2.88. The van der Waals surface area contributed by atoms with Gasteiger partial charge in [-0.2, -0.15) is 0 Å². The number of halogens is 1. The zero-order chi connectivity index (χ0) is 23.2. The minimum Gasteiger partial charge on any atom is -0.423 e. The van der Waals surface area contributed by atoms with Crippen LogP contribution in [-0.4, -0.2) is 5.97 Å². The van der Waals surface area contributed by atoms with E-state index in [1.807, 2.05) is 12.1 Å². The molecule has 33 heavy (non-hydrogen) atoms. The van der Waals surface area contributed by atoms with E-state index in [9.17, 15) is 9.18 Å². The molecule has 3 saturated carbocycles. The van der Waals surface area contributed by atoms with Crippen LogP contribution in [-0.2, 0) is 11.2 Å². The fourth-order valence-electron chi connectivity index (χ4n) is 7.04. The first-order valence-corrected chi connectivity index (χ1v) is 13.3. The molecule has 0 bridgehead atoms.